The van der Waals surface area contributed by atoms with Crippen LogP contribution in [-0.4, -0.2) is 36.6 Å². The summed E-state index contributed by atoms with van der Waals surface area (Å²) in [7, 11) is 2.82. The molecular weight excluding hydrogens is 175 g/mol. The fourth-order valence-electron chi connectivity index (χ4n) is 0.866. The summed E-state index contributed by atoms with van der Waals surface area (Å²) in [4.78, 5) is 0. The lowest BCUT2D eigenvalue weighted by molar-refractivity contribution is 0.0485. The molecule has 0 radical (unpaired) electrons. The summed E-state index contributed by atoms with van der Waals surface area (Å²) in [5.74, 6) is 0. The van der Waals surface area contributed by atoms with E-state index in [1.54, 1.807) is 0 Å². The van der Waals surface area contributed by atoms with Crippen molar-refractivity contribution in [2.45, 2.75) is 19.6 Å². The van der Waals surface area contributed by atoms with Crippen LogP contribution in [0.2, 0.25) is 19.6 Å². The van der Waals surface area contributed by atoms with Crippen molar-refractivity contribution in [2.75, 3.05) is 21.3 Å². The van der Waals surface area contributed by atoms with Gasteiger partial charge in [-0.1, -0.05) is 0 Å². The minimum atomic E-state index is -1.99. The maximum absolute atomic E-state index is 5.61. The van der Waals surface area contributed by atoms with Crippen molar-refractivity contribution in [3.8, 4) is 0 Å². The average molecular weight is 193 g/mol. The normalized spacial score (nSPS) is 13.5. The average Bonchev–Trinajstić information content (AvgIpc) is 1.99. The van der Waals surface area contributed by atoms with Crippen molar-refractivity contribution >= 4 is 15.3 Å². The van der Waals surface area contributed by atoms with Crippen LogP contribution in [0.4, 0.5) is 0 Å². The van der Waals surface area contributed by atoms with Crippen LogP contribution < -0.4 is 0 Å². The molecule has 0 atom stereocenters. The fourth-order valence-corrected chi connectivity index (χ4v) is 2.02. The second-order valence-electron chi connectivity index (χ2n) is 3.51. The van der Waals surface area contributed by atoms with E-state index in [4.69, 9.17) is 18.3 Å². The Hall–Kier alpha value is 0.122. The monoisotopic (exact) mass is 193 g/mol. The van der Waals surface area contributed by atoms with Crippen LogP contribution in [0.15, 0.2) is 0 Å². The van der Waals surface area contributed by atoms with Crippen molar-refractivity contribution < 1.29 is 18.3 Å². The molecule has 12 heavy (non-hydrogen) atoms. The standard InChI is InChI=1S/C6H18BO4Si/c1-8-7(9-2,10-3)11-12(4,5)6/h1-6H3/q-1. The van der Waals surface area contributed by atoms with E-state index in [0.29, 0.717) is 0 Å². The van der Waals surface area contributed by atoms with Gasteiger partial charge < -0.3 is 18.3 Å². The summed E-state index contributed by atoms with van der Waals surface area (Å²) in [6, 6.07) is 0. The molecule has 0 amide bonds. The molecule has 0 fully saturated rings. The molecule has 0 unspecified atom stereocenters. The van der Waals surface area contributed by atoms with Gasteiger partial charge in [0.15, 0.2) is 0 Å². The third-order valence-electron chi connectivity index (χ3n) is 1.36. The van der Waals surface area contributed by atoms with E-state index in [0.717, 1.165) is 0 Å². The van der Waals surface area contributed by atoms with E-state index >= 15 is 0 Å². The Morgan fingerprint density at radius 1 is 0.833 bits per heavy atom. The second kappa shape index (κ2) is 4.38. The molecule has 0 aromatic rings. The van der Waals surface area contributed by atoms with Gasteiger partial charge in [0.2, 0.25) is 0 Å². The Balaban J connectivity index is 4.30. The molecule has 0 spiro atoms. The molecule has 0 aromatic heterocycles. The first-order chi connectivity index (χ1) is 5.39. The van der Waals surface area contributed by atoms with E-state index in [2.05, 4.69) is 0 Å². The van der Waals surface area contributed by atoms with Crippen LogP contribution >= 0.6 is 0 Å². The summed E-state index contributed by atoms with van der Waals surface area (Å²) < 4.78 is 20.7. The first-order valence-electron chi connectivity index (χ1n) is 3.87. The van der Waals surface area contributed by atoms with Crippen LogP contribution in [0.25, 0.3) is 0 Å². The highest BCUT2D eigenvalue weighted by molar-refractivity contribution is 6.77. The lowest BCUT2D eigenvalue weighted by Crippen LogP contribution is -2.52. The molecule has 0 saturated heterocycles. The van der Waals surface area contributed by atoms with Crippen LogP contribution in [0.5, 0.6) is 0 Å². The molecule has 74 valence electrons. The Bertz CT molecular complexity index is 124. The van der Waals surface area contributed by atoms with E-state index < -0.39 is 15.3 Å². The summed E-state index contributed by atoms with van der Waals surface area (Å²) >= 11 is 0. The Kier molecular flexibility index (Phi) is 4.43. The quantitative estimate of drug-likeness (QED) is 0.615. The summed E-state index contributed by atoms with van der Waals surface area (Å²) in [6.45, 7) is 4.14. The largest absolute Gasteiger partial charge is 0.564 e. The van der Waals surface area contributed by atoms with Crippen LogP contribution in [-0.2, 0) is 18.3 Å². The van der Waals surface area contributed by atoms with Crippen molar-refractivity contribution in [2.24, 2.45) is 0 Å². The molecule has 0 bridgehead atoms. The number of rotatable bonds is 5. The predicted molar refractivity (Wildman–Crippen MR) is 51.2 cm³/mol. The molecule has 0 heterocycles. The molecule has 6 heteroatoms. The lowest BCUT2D eigenvalue weighted by Gasteiger charge is -2.42. The van der Waals surface area contributed by atoms with E-state index in [1.165, 1.54) is 21.3 Å². The van der Waals surface area contributed by atoms with Gasteiger partial charge in [0.1, 0.15) is 8.32 Å². The van der Waals surface area contributed by atoms with Gasteiger partial charge in [0, 0.05) is 0 Å². The zero-order valence-corrected chi connectivity index (χ0v) is 9.71. The minimum Gasteiger partial charge on any atom is -0.564 e. The van der Waals surface area contributed by atoms with Gasteiger partial charge >= 0.3 is 6.96 Å². The van der Waals surface area contributed by atoms with Crippen molar-refractivity contribution in [1.29, 1.82) is 0 Å². The second-order valence-corrected chi connectivity index (χ2v) is 7.98. The van der Waals surface area contributed by atoms with Crippen molar-refractivity contribution in [1.82, 2.24) is 0 Å². The Labute approximate surface area is 75.3 Å². The first-order valence-corrected chi connectivity index (χ1v) is 7.28. The third kappa shape index (κ3) is 3.68. The molecule has 0 N–H and O–H groups in total. The molecule has 0 aliphatic heterocycles. The number of hydrogen-bond donors (Lipinski definition) is 0. The maximum atomic E-state index is 5.61. The topological polar surface area (TPSA) is 36.9 Å². The van der Waals surface area contributed by atoms with Crippen molar-refractivity contribution in [3.63, 3.8) is 0 Å². The van der Waals surface area contributed by atoms with Gasteiger partial charge in [-0.2, -0.15) is 0 Å². The highest BCUT2D eigenvalue weighted by atomic mass is 28.4. The van der Waals surface area contributed by atoms with Crippen LogP contribution in [0.1, 0.15) is 0 Å². The molecule has 0 aliphatic carbocycles. The van der Waals surface area contributed by atoms with Gasteiger partial charge in [-0.25, -0.2) is 0 Å². The summed E-state index contributed by atoms with van der Waals surface area (Å²) in [5, 5.41) is 0. The highest BCUT2D eigenvalue weighted by Crippen LogP contribution is 2.15. The Morgan fingerprint density at radius 3 is 1.25 bits per heavy atom. The van der Waals surface area contributed by atoms with Gasteiger partial charge in [-0.15, -0.1) is 0 Å². The summed E-state index contributed by atoms with van der Waals surface area (Å²) in [5.41, 5.74) is 0. The Morgan fingerprint density at radius 2 is 1.17 bits per heavy atom. The van der Waals surface area contributed by atoms with E-state index in [-0.39, 0.29) is 0 Å². The molecule has 0 aromatic carbocycles. The SMILES string of the molecule is CO[B-](OC)(OC)O[Si](C)(C)C. The van der Waals surface area contributed by atoms with E-state index in [9.17, 15) is 0 Å². The van der Waals surface area contributed by atoms with Gasteiger partial charge in [0.05, 0.1) is 0 Å². The first kappa shape index (κ1) is 12.1. The van der Waals surface area contributed by atoms with Gasteiger partial charge in [-0.05, 0) is 41.0 Å². The maximum Gasteiger partial charge on any atom is 0.520 e. The van der Waals surface area contributed by atoms with Crippen LogP contribution in [0.3, 0.4) is 0 Å². The smallest absolute Gasteiger partial charge is 0.520 e. The van der Waals surface area contributed by atoms with Crippen molar-refractivity contribution in [3.05, 3.63) is 0 Å². The summed E-state index contributed by atoms with van der Waals surface area (Å²) in [6.07, 6.45) is 0. The molecule has 0 rings (SSSR count). The lowest BCUT2D eigenvalue weighted by atomic mass is 10.1. The molecule has 4 nitrogen and oxygen atoms in total. The minimum absolute atomic E-state index is 1.51. The fraction of sp³-hybridized carbons (Fsp3) is 1.00. The molecular formula is C6H18BO4Si-. The molecule has 0 aliphatic rings. The third-order valence-corrected chi connectivity index (χ3v) is 2.36. The molecule has 0 saturated carbocycles. The van der Waals surface area contributed by atoms with E-state index in [1.807, 2.05) is 19.6 Å². The van der Waals surface area contributed by atoms with Crippen LogP contribution in [0, 0.1) is 0 Å². The predicted octanol–water partition coefficient (Wildman–Crippen LogP) is 1.21. The number of hydrogen-bond acceptors (Lipinski definition) is 4. The highest BCUT2D eigenvalue weighted by Gasteiger charge is 2.33. The zero-order valence-electron chi connectivity index (χ0n) is 8.71. The van der Waals surface area contributed by atoms with Gasteiger partial charge in [0.25, 0.3) is 0 Å². The van der Waals surface area contributed by atoms with Gasteiger partial charge in [-0.3, -0.25) is 0 Å². The zero-order chi connectivity index (χ0) is 9.83.